The van der Waals surface area contributed by atoms with E-state index in [1.807, 2.05) is 60.7 Å². The van der Waals surface area contributed by atoms with Crippen LogP contribution in [0.1, 0.15) is 27.6 Å². The van der Waals surface area contributed by atoms with Gasteiger partial charge in [0.2, 0.25) is 0 Å². The average molecular weight is 236 g/mol. The van der Waals surface area contributed by atoms with Crippen molar-refractivity contribution in [1.29, 1.82) is 0 Å². The van der Waals surface area contributed by atoms with Crippen LogP contribution in [0, 0.1) is 0 Å². The molecule has 0 saturated carbocycles. The molecule has 1 heterocycles. The molecule has 0 fully saturated rings. The van der Waals surface area contributed by atoms with E-state index in [0.717, 1.165) is 11.1 Å². The summed E-state index contributed by atoms with van der Waals surface area (Å²) >= 11 is 0. The highest BCUT2D eigenvalue weighted by atomic mass is 16.5. The molecule has 1 aliphatic rings. The van der Waals surface area contributed by atoms with Crippen molar-refractivity contribution in [2.75, 3.05) is 0 Å². The van der Waals surface area contributed by atoms with Gasteiger partial charge >= 0.3 is 5.97 Å². The van der Waals surface area contributed by atoms with Crippen molar-refractivity contribution >= 4 is 12.0 Å². The van der Waals surface area contributed by atoms with Gasteiger partial charge in [-0.2, -0.15) is 0 Å². The quantitative estimate of drug-likeness (QED) is 0.707. The molecule has 3 rings (SSSR count). The molecule has 0 spiro atoms. The first-order chi connectivity index (χ1) is 8.84. The summed E-state index contributed by atoms with van der Waals surface area (Å²) in [5.41, 5.74) is 2.50. The van der Waals surface area contributed by atoms with Gasteiger partial charge in [-0.15, -0.1) is 0 Å². The van der Waals surface area contributed by atoms with Crippen molar-refractivity contribution in [1.82, 2.24) is 0 Å². The molecule has 2 aromatic carbocycles. The molecule has 2 aromatic rings. The summed E-state index contributed by atoms with van der Waals surface area (Å²) in [6.07, 6.45) is 3.54. The molecule has 1 unspecified atom stereocenters. The molecular formula is C16H12O2. The Kier molecular flexibility index (Phi) is 2.69. The Morgan fingerprint density at radius 3 is 2.44 bits per heavy atom. The number of esters is 1. The van der Waals surface area contributed by atoms with Gasteiger partial charge in [0, 0.05) is 0 Å². The van der Waals surface area contributed by atoms with E-state index in [-0.39, 0.29) is 12.1 Å². The second kappa shape index (κ2) is 4.49. The lowest BCUT2D eigenvalue weighted by atomic mass is 10.1. The fourth-order valence-corrected chi connectivity index (χ4v) is 2.06. The zero-order valence-electron chi connectivity index (χ0n) is 9.74. The Hall–Kier alpha value is -2.35. The maximum absolute atomic E-state index is 12.0. The van der Waals surface area contributed by atoms with Crippen LogP contribution in [-0.2, 0) is 4.74 Å². The van der Waals surface area contributed by atoms with Crippen molar-refractivity contribution in [3.05, 3.63) is 77.4 Å². The van der Waals surface area contributed by atoms with Crippen molar-refractivity contribution in [2.24, 2.45) is 0 Å². The van der Waals surface area contributed by atoms with Crippen molar-refractivity contribution in [3.8, 4) is 0 Å². The Bertz CT molecular complexity index is 600. The molecule has 0 bridgehead atoms. The van der Waals surface area contributed by atoms with Crippen LogP contribution in [0.2, 0.25) is 0 Å². The molecule has 88 valence electrons. The molecule has 2 heteroatoms. The monoisotopic (exact) mass is 236 g/mol. The van der Waals surface area contributed by atoms with E-state index < -0.39 is 0 Å². The van der Waals surface area contributed by atoms with Gasteiger partial charge in [0.15, 0.2) is 0 Å². The van der Waals surface area contributed by atoms with E-state index in [0.29, 0.717) is 5.56 Å². The summed E-state index contributed by atoms with van der Waals surface area (Å²) in [5, 5.41) is 0. The van der Waals surface area contributed by atoms with Crippen LogP contribution in [0.15, 0.2) is 60.7 Å². The standard InChI is InChI=1S/C16H12O2/c17-16-14-9-5-4-6-12(14)10-11-15(18-16)13-7-2-1-3-8-13/h1-11,15H. The third-order valence-corrected chi connectivity index (χ3v) is 2.99. The van der Waals surface area contributed by atoms with Gasteiger partial charge in [0.05, 0.1) is 5.56 Å². The predicted molar refractivity (Wildman–Crippen MR) is 70.1 cm³/mol. The zero-order chi connectivity index (χ0) is 12.4. The third-order valence-electron chi connectivity index (χ3n) is 2.99. The predicted octanol–water partition coefficient (Wildman–Crippen LogP) is 3.61. The van der Waals surface area contributed by atoms with Crippen LogP contribution in [0.25, 0.3) is 6.08 Å². The minimum Gasteiger partial charge on any atom is -0.450 e. The first kappa shape index (κ1) is 10.8. The molecule has 0 aromatic heterocycles. The van der Waals surface area contributed by atoms with Gasteiger partial charge in [-0.25, -0.2) is 4.79 Å². The normalized spacial score (nSPS) is 17.8. The second-order valence-electron chi connectivity index (χ2n) is 4.18. The van der Waals surface area contributed by atoms with Gasteiger partial charge in [-0.3, -0.25) is 0 Å². The number of carbonyl (C=O) groups is 1. The highest BCUT2D eigenvalue weighted by molar-refractivity contribution is 5.94. The molecular weight excluding hydrogens is 224 g/mol. The average Bonchev–Trinajstić information content (AvgIpc) is 2.60. The molecule has 2 nitrogen and oxygen atoms in total. The maximum atomic E-state index is 12.0. The zero-order valence-corrected chi connectivity index (χ0v) is 9.74. The molecule has 1 atom stereocenters. The summed E-state index contributed by atoms with van der Waals surface area (Å²) in [6.45, 7) is 0. The Labute approximate surface area is 106 Å². The topological polar surface area (TPSA) is 26.3 Å². The largest absolute Gasteiger partial charge is 0.450 e. The van der Waals surface area contributed by atoms with Gasteiger partial charge < -0.3 is 4.74 Å². The van der Waals surface area contributed by atoms with E-state index in [1.165, 1.54) is 0 Å². The number of ether oxygens (including phenoxy) is 1. The Balaban J connectivity index is 1.99. The lowest BCUT2D eigenvalue weighted by molar-refractivity contribution is 0.0397. The van der Waals surface area contributed by atoms with Crippen LogP contribution >= 0.6 is 0 Å². The van der Waals surface area contributed by atoms with E-state index in [2.05, 4.69) is 0 Å². The molecule has 0 N–H and O–H groups in total. The highest BCUT2D eigenvalue weighted by Gasteiger charge is 2.20. The van der Waals surface area contributed by atoms with Crippen LogP contribution < -0.4 is 0 Å². The highest BCUT2D eigenvalue weighted by Crippen LogP contribution is 2.26. The van der Waals surface area contributed by atoms with E-state index in [1.54, 1.807) is 6.07 Å². The third kappa shape index (κ3) is 1.93. The SMILES string of the molecule is O=C1OC(c2ccccc2)C=Cc2ccccc21. The molecule has 0 amide bonds. The van der Waals surface area contributed by atoms with Gasteiger partial charge in [0.1, 0.15) is 6.10 Å². The molecule has 1 aliphatic heterocycles. The number of benzene rings is 2. The number of rotatable bonds is 1. The lowest BCUT2D eigenvalue weighted by Crippen LogP contribution is -2.08. The minimum atomic E-state index is -0.314. The summed E-state index contributed by atoms with van der Waals surface area (Å²) < 4.78 is 5.50. The summed E-state index contributed by atoms with van der Waals surface area (Å²) in [7, 11) is 0. The second-order valence-corrected chi connectivity index (χ2v) is 4.18. The number of fused-ring (bicyclic) bond motifs is 1. The smallest absolute Gasteiger partial charge is 0.339 e. The van der Waals surface area contributed by atoms with Gasteiger partial charge in [-0.05, 0) is 23.3 Å². The minimum absolute atomic E-state index is 0.274. The maximum Gasteiger partial charge on any atom is 0.339 e. The lowest BCUT2D eigenvalue weighted by Gasteiger charge is -2.12. The van der Waals surface area contributed by atoms with E-state index in [4.69, 9.17) is 4.74 Å². The summed E-state index contributed by atoms with van der Waals surface area (Å²) in [6, 6.07) is 17.2. The van der Waals surface area contributed by atoms with Crippen LogP contribution in [0.3, 0.4) is 0 Å². The summed E-state index contributed by atoms with van der Waals surface area (Å²) in [4.78, 5) is 12.0. The molecule has 18 heavy (non-hydrogen) atoms. The van der Waals surface area contributed by atoms with Crippen LogP contribution in [-0.4, -0.2) is 5.97 Å². The number of carbonyl (C=O) groups excluding carboxylic acids is 1. The van der Waals surface area contributed by atoms with Crippen molar-refractivity contribution in [2.45, 2.75) is 6.10 Å². The fraction of sp³-hybridized carbons (Fsp3) is 0.0625. The van der Waals surface area contributed by atoms with Crippen LogP contribution in [0.4, 0.5) is 0 Å². The fourth-order valence-electron chi connectivity index (χ4n) is 2.06. The van der Waals surface area contributed by atoms with Crippen LogP contribution in [0.5, 0.6) is 0 Å². The first-order valence-electron chi connectivity index (χ1n) is 5.88. The Morgan fingerprint density at radius 1 is 0.889 bits per heavy atom. The summed E-state index contributed by atoms with van der Waals surface area (Å²) in [5.74, 6) is -0.274. The van der Waals surface area contributed by atoms with Gasteiger partial charge in [-0.1, -0.05) is 54.6 Å². The van der Waals surface area contributed by atoms with E-state index >= 15 is 0 Å². The number of hydrogen-bond acceptors (Lipinski definition) is 2. The van der Waals surface area contributed by atoms with Crippen molar-refractivity contribution in [3.63, 3.8) is 0 Å². The first-order valence-corrected chi connectivity index (χ1v) is 5.88. The van der Waals surface area contributed by atoms with E-state index in [9.17, 15) is 4.79 Å². The molecule has 0 saturated heterocycles. The van der Waals surface area contributed by atoms with Gasteiger partial charge in [0.25, 0.3) is 0 Å². The van der Waals surface area contributed by atoms with Crippen molar-refractivity contribution < 1.29 is 9.53 Å². The Morgan fingerprint density at radius 2 is 1.61 bits per heavy atom. The number of cyclic esters (lactones) is 1. The number of hydrogen-bond donors (Lipinski definition) is 0. The molecule has 0 aliphatic carbocycles. The molecule has 0 radical (unpaired) electrons.